The lowest BCUT2D eigenvalue weighted by atomic mass is 9.70. The number of rotatable bonds is 12. The third kappa shape index (κ3) is 5.00. The van der Waals surface area contributed by atoms with E-state index in [4.69, 9.17) is 10.2 Å². The van der Waals surface area contributed by atoms with Crippen LogP contribution in [0.5, 0.6) is 0 Å². The van der Waals surface area contributed by atoms with Crippen LogP contribution in [0, 0.1) is 0 Å². The van der Waals surface area contributed by atoms with Gasteiger partial charge in [0.15, 0.2) is 0 Å². The summed E-state index contributed by atoms with van der Waals surface area (Å²) in [4.78, 5) is 22.1. The van der Waals surface area contributed by atoms with E-state index >= 15 is 0 Å². The Hall–Kier alpha value is -2.62. The number of aliphatic carboxylic acids is 2. The van der Waals surface area contributed by atoms with Crippen molar-refractivity contribution in [2.24, 2.45) is 0 Å². The van der Waals surface area contributed by atoms with E-state index in [-0.39, 0.29) is 18.3 Å². The van der Waals surface area contributed by atoms with Gasteiger partial charge in [0, 0.05) is 18.3 Å². The van der Waals surface area contributed by atoms with Crippen molar-refractivity contribution in [3.8, 4) is 11.1 Å². The Morgan fingerprint density at radius 2 is 1.29 bits per heavy atom. The zero-order valence-electron chi connectivity index (χ0n) is 18.7. The van der Waals surface area contributed by atoms with E-state index in [1.54, 1.807) is 0 Å². The van der Waals surface area contributed by atoms with Gasteiger partial charge in [-0.3, -0.25) is 9.59 Å². The predicted octanol–water partition coefficient (Wildman–Crippen LogP) is 6.37. The van der Waals surface area contributed by atoms with Gasteiger partial charge in [0.25, 0.3) is 0 Å². The molecule has 1 aliphatic rings. The fourth-order valence-electron chi connectivity index (χ4n) is 5.03. The minimum Gasteiger partial charge on any atom is -0.481 e. The Labute approximate surface area is 185 Å². The Bertz CT molecular complexity index is 936. The molecule has 4 heteroatoms. The van der Waals surface area contributed by atoms with Crippen molar-refractivity contribution >= 4 is 11.9 Å². The number of fused-ring (bicyclic) bond motifs is 3. The van der Waals surface area contributed by atoms with Gasteiger partial charge < -0.3 is 10.2 Å². The summed E-state index contributed by atoms with van der Waals surface area (Å²) in [6.45, 7) is 4.45. The van der Waals surface area contributed by atoms with Crippen molar-refractivity contribution in [3.05, 3.63) is 58.7 Å². The SMILES string of the molecule is CCCCC1(CCCC)c2ccc(CCC(=O)O)cc2-c2ccc(CCC(=O)O)cc21. The lowest BCUT2D eigenvalue weighted by molar-refractivity contribution is -0.138. The minimum absolute atomic E-state index is 0.0404. The van der Waals surface area contributed by atoms with Gasteiger partial charge in [0.1, 0.15) is 0 Å². The van der Waals surface area contributed by atoms with Gasteiger partial charge in [-0.25, -0.2) is 0 Å². The number of carbonyl (C=O) groups is 2. The van der Waals surface area contributed by atoms with Crippen molar-refractivity contribution in [1.29, 1.82) is 0 Å². The molecule has 166 valence electrons. The highest BCUT2D eigenvalue weighted by Gasteiger charge is 2.42. The molecule has 2 aromatic carbocycles. The molecule has 0 saturated carbocycles. The van der Waals surface area contributed by atoms with Gasteiger partial charge in [0.05, 0.1) is 0 Å². The Morgan fingerprint density at radius 3 is 1.84 bits per heavy atom. The smallest absolute Gasteiger partial charge is 0.303 e. The number of hydrogen-bond acceptors (Lipinski definition) is 2. The Kier molecular flexibility index (Phi) is 7.53. The molecule has 0 bridgehead atoms. The summed E-state index contributed by atoms with van der Waals surface area (Å²) in [5.74, 6) is -1.54. The quantitative estimate of drug-likeness (QED) is 0.417. The molecular weight excluding hydrogens is 388 g/mol. The standard InChI is InChI=1S/C27H34O4/c1-3-5-15-27(16-6-4-2)23-12-8-19(9-13-25(28)29)17-22(23)21-11-7-20(18-24(21)27)10-14-26(30)31/h7-8,11-12,17-18H,3-6,9-10,13-16H2,1-2H3,(H,28,29)(H,30,31). The maximum Gasteiger partial charge on any atom is 0.303 e. The molecule has 3 rings (SSSR count). The number of unbranched alkanes of at least 4 members (excludes halogenated alkanes) is 2. The maximum absolute atomic E-state index is 11.1. The molecule has 0 unspecified atom stereocenters. The molecule has 1 aliphatic carbocycles. The topological polar surface area (TPSA) is 74.6 Å². The largest absolute Gasteiger partial charge is 0.481 e. The van der Waals surface area contributed by atoms with Crippen LogP contribution in [0.15, 0.2) is 36.4 Å². The molecule has 2 N–H and O–H groups in total. The van der Waals surface area contributed by atoms with Crippen molar-refractivity contribution < 1.29 is 19.8 Å². The zero-order valence-corrected chi connectivity index (χ0v) is 18.7. The number of aryl methyl sites for hydroxylation is 2. The second-order valence-electron chi connectivity index (χ2n) is 8.84. The Balaban J connectivity index is 2.10. The first-order chi connectivity index (χ1) is 14.9. The normalized spacial score (nSPS) is 13.6. The van der Waals surface area contributed by atoms with E-state index in [0.29, 0.717) is 12.8 Å². The highest BCUT2D eigenvalue weighted by Crippen LogP contribution is 2.54. The van der Waals surface area contributed by atoms with E-state index < -0.39 is 11.9 Å². The van der Waals surface area contributed by atoms with E-state index in [0.717, 1.165) is 49.7 Å². The first-order valence-corrected chi connectivity index (χ1v) is 11.6. The highest BCUT2D eigenvalue weighted by atomic mass is 16.4. The second kappa shape index (κ2) is 10.1. The molecule has 4 nitrogen and oxygen atoms in total. The average molecular weight is 423 g/mol. The maximum atomic E-state index is 11.1. The van der Waals surface area contributed by atoms with Crippen LogP contribution >= 0.6 is 0 Å². The molecule has 0 fully saturated rings. The fourth-order valence-corrected chi connectivity index (χ4v) is 5.03. The van der Waals surface area contributed by atoms with Gasteiger partial charge in [-0.1, -0.05) is 75.9 Å². The number of carboxylic acid groups (broad SMARTS) is 2. The van der Waals surface area contributed by atoms with Crippen molar-refractivity contribution in [1.82, 2.24) is 0 Å². The molecule has 0 spiro atoms. The van der Waals surface area contributed by atoms with Gasteiger partial charge in [0.2, 0.25) is 0 Å². The molecule has 0 atom stereocenters. The minimum atomic E-state index is -0.774. The average Bonchev–Trinajstić information content (AvgIpc) is 3.02. The van der Waals surface area contributed by atoms with Crippen molar-refractivity contribution in [3.63, 3.8) is 0 Å². The van der Waals surface area contributed by atoms with Crippen LogP contribution in [0.1, 0.15) is 87.5 Å². The van der Waals surface area contributed by atoms with Crippen LogP contribution in [-0.2, 0) is 27.8 Å². The third-order valence-electron chi connectivity index (χ3n) is 6.66. The van der Waals surface area contributed by atoms with E-state index in [2.05, 4.69) is 50.2 Å². The summed E-state index contributed by atoms with van der Waals surface area (Å²) in [5.41, 5.74) is 7.26. The van der Waals surface area contributed by atoms with E-state index in [9.17, 15) is 9.59 Å². The molecular formula is C27H34O4. The third-order valence-corrected chi connectivity index (χ3v) is 6.66. The van der Waals surface area contributed by atoms with Crippen molar-refractivity contribution in [2.75, 3.05) is 0 Å². The molecule has 0 heterocycles. The molecule has 31 heavy (non-hydrogen) atoms. The number of benzene rings is 2. The monoisotopic (exact) mass is 422 g/mol. The van der Waals surface area contributed by atoms with Gasteiger partial charge in [-0.2, -0.15) is 0 Å². The van der Waals surface area contributed by atoms with Crippen LogP contribution in [-0.4, -0.2) is 22.2 Å². The second-order valence-corrected chi connectivity index (χ2v) is 8.84. The first-order valence-electron chi connectivity index (χ1n) is 11.6. The number of hydrogen-bond donors (Lipinski definition) is 2. The van der Waals surface area contributed by atoms with Crippen LogP contribution in [0.4, 0.5) is 0 Å². The Morgan fingerprint density at radius 1 is 0.742 bits per heavy atom. The summed E-state index contributed by atoms with van der Waals surface area (Å²) in [6.07, 6.45) is 8.07. The molecule has 0 saturated heterocycles. The summed E-state index contributed by atoms with van der Waals surface area (Å²) in [6, 6.07) is 13.0. The lowest BCUT2D eigenvalue weighted by Crippen LogP contribution is -2.25. The van der Waals surface area contributed by atoms with Gasteiger partial charge in [-0.15, -0.1) is 0 Å². The molecule has 0 aliphatic heterocycles. The van der Waals surface area contributed by atoms with Crippen LogP contribution in [0.25, 0.3) is 11.1 Å². The highest BCUT2D eigenvalue weighted by molar-refractivity contribution is 5.82. The van der Waals surface area contributed by atoms with Gasteiger partial charge in [-0.05, 0) is 59.1 Å². The molecule has 2 aromatic rings. The molecule has 0 aromatic heterocycles. The fraction of sp³-hybridized carbons (Fsp3) is 0.481. The van der Waals surface area contributed by atoms with E-state index in [1.165, 1.54) is 22.3 Å². The summed E-state index contributed by atoms with van der Waals surface area (Å²) >= 11 is 0. The van der Waals surface area contributed by atoms with Crippen LogP contribution in [0.2, 0.25) is 0 Å². The summed E-state index contributed by atoms with van der Waals surface area (Å²) in [5, 5.41) is 18.2. The van der Waals surface area contributed by atoms with Gasteiger partial charge >= 0.3 is 11.9 Å². The molecule has 0 radical (unpaired) electrons. The predicted molar refractivity (Wildman–Crippen MR) is 124 cm³/mol. The summed E-state index contributed by atoms with van der Waals surface area (Å²) < 4.78 is 0. The van der Waals surface area contributed by atoms with Crippen LogP contribution < -0.4 is 0 Å². The van der Waals surface area contributed by atoms with Crippen LogP contribution in [0.3, 0.4) is 0 Å². The zero-order chi connectivity index (χ0) is 22.4. The lowest BCUT2D eigenvalue weighted by Gasteiger charge is -2.33. The number of carboxylic acids is 2. The van der Waals surface area contributed by atoms with Crippen molar-refractivity contribution in [2.45, 2.75) is 83.5 Å². The summed E-state index contributed by atoms with van der Waals surface area (Å²) in [7, 11) is 0. The first kappa shape index (κ1) is 23.1. The molecule has 0 amide bonds. The van der Waals surface area contributed by atoms with E-state index in [1.807, 2.05) is 0 Å².